The Morgan fingerprint density at radius 3 is 0.943 bits per heavy atom. The van der Waals surface area contributed by atoms with Gasteiger partial charge in [0, 0.05) is 0 Å². The molecule has 0 aliphatic carbocycles. The number of rotatable bonds is 12. The van der Waals surface area contributed by atoms with E-state index in [4.69, 9.17) is 23.7 Å². The summed E-state index contributed by atoms with van der Waals surface area (Å²) in [5.41, 5.74) is 0.572. The monoisotopic (exact) mass is 762 g/mol. The Kier molecular flexibility index (Phi) is 11.5. The molecule has 0 aromatic heterocycles. The molecule has 0 saturated carbocycles. The molecule has 4 rings (SSSR count). The van der Waals surface area contributed by atoms with E-state index in [9.17, 15) is 35.1 Å². The quantitative estimate of drug-likeness (QED) is 0.106. The van der Waals surface area contributed by atoms with Crippen LogP contribution in [0.4, 0.5) is 43.9 Å². The van der Waals surface area contributed by atoms with Crippen molar-refractivity contribution in [1.82, 2.24) is 0 Å². The maximum absolute atomic E-state index is 16.1. The minimum absolute atomic E-state index is 0.407. The van der Waals surface area contributed by atoms with Gasteiger partial charge in [-0.25, -0.2) is 8.78 Å². The first-order valence-electron chi connectivity index (χ1n) is 15.9. The zero-order valence-electron chi connectivity index (χ0n) is 29.2. The molecule has 4 atom stereocenters. The Balaban J connectivity index is 1.69. The van der Waals surface area contributed by atoms with Crippen LogP contribution in [0.3, 0.4) is 0 Å². The summed E-state index contributed by atoms with van der Waals surface area (Å²) in [6.45, 7) is 11.0. The average Bonchev–Trinajstić information content (AvgIpc) is 3.04. The number of hydrogen-bond donors (Lipinski definition) is 0. The largest absolute Gasteiger partial charge is 0.450 e. The summed E-state index contributed by atoms with van der Waals surface area (Å²) in [7, 11) is 0. The van der Waals surface area contributed by atoms with Crippen molar-refractivity contribution in [3.8, 4) is 34.5 Å². The predicted molar refractivity (Wildman–Crippen MR) is 175 cm³/mol. The number of para-hydroxylation sites is 4. The molecule has 5 nitrogen and oxygen atoms in total. The van der Waals surface area contributed by atoms with Crippen LogP contribution in [-0.4, -0.2) is 36.8 Å². The highest BCUT2D eigenvalue weighted by Crippen LogP contribution is 2.45. The molecule has 0 saturated heterocycles. The highest BCUT2D eigenvalue weighted by Gasteiger charge is 2.62. The first-order chi connectivity index (χ1) is 24.3. The molecule has 0 aliphatic rings. The van der Waals surface area contributed by atoms with Gasteiger partial charge < -0.3 is 23.7 Å². The van der Waals surface area contributed by atoms with Crippen molar-refractivity contribution in [2.45, 2.75) is 89.2 Å². The summed E-state index contributed by atoms with van der Waals surface area (Å²) in [5, 5.41) is 0. The molecule has 4 unspecified atom stereocenters. The average molecular weight is 763 g/mol. The third-order valence-electron chi connectivity index (χ3n) is 7.55. The van der Waals surface area contributed by atoms with Gasteiger partial charge in [0.05, 0.1) is 0 Å². The van der Waals surface area contributed by atoms with Crippen molar-refractivity contribution in [1.29, 1.82) is 0 Å². The lowest BCUT2D eigenvalue weighted by atomic mass is 9.87. The van der Waals surface area contributed by atoms with Gasteiger partial charge in [-0.05, 0) is 70.5 Å². The van der Waals surface area contributed by atoms with E-state index in [1.807, 2.05) is 41.5 Å². The third-order valence-corrected chi connectivity index (χ3v) is 7.55. The maximum Gasteiger partial charge on any atom is 0.450 e. The molecule has 0 heterocycles. The Hall–Kier alpha value is -4.82. The van der Waals surface area contributed by atoms with Crippen molar-refractivity contribution < 1.29 is 67.6 Å². The first kappa shape index (κ1) is 40.9. The Labute approximate surface area is 299 Å². The fourth-order valence-electron chi connectivity index (χ4n) is 4.66. The van der Waals surface area contributed by atoms with Gasteiger partial charge in [-0.1, -0.05) is 90.1 Å². The van der Waals surface area contributed by atoms with Crippen LogP contribution in [0.25, 0.3) is 0 Å². The van der Waals surface area contributed by atoms with Crippen molar-refractivity contribution in [2.75, 3.05) is 0 Å². The lowest BCUT2D eigenvalue weighted by molar-refractivity contribution is -0.325. The van der Waals surface area contributed by atoms with E-state index in [2.05, 4.69) is 0 Å². The molecule has 0 N–H and O–H groups in total. The minimum atomic E-state index is -5.84. The number of alkyl halides is 10. The van der Waals surface area contributed by atoms with Gasteiger partial charge in [0.25, 0.3) is 0 Å². The summed E-state index contributed by atoms with van der Waals surface area (Å²) < 4.78 is 169. The molecule has 0 bridgehead atoms. The standard InChI is InChI=1S/C38H36F10O5/c1-33(2,3)23-15-19-25(20-16-23)50-37(47,31(39)35(41,42)43)52-29-13-9-7-11-27(29)49-28-12-8-10-14-30(28)53-38(48,32(40)36(44,45)46)51-26-21-17-24(18-22-26)34(4,5)6/h7-22,31-32H,1-6H3. The van der Waals surface area contributed by atoms with Gasteiger partial charge in [0.2, 0.25) is 0 Å². The van der Waals surface area contributed by atoms with Crippen LogP contribution in [0.5, 0.6) is 34.5 Å². The van der Waals surface area contributed by atoms with Gasteiger partial charge >= 0.3 is 36.8 Å². The normalized spacial score (nSPS) is 16.1. The fraction of sp³-hybridized carbons (Fsp3) is 0.368. The molecule has 0 radical (unpaired) electrons. The Morgan fingerprint density at radius 1 is 0.396 bits per heavy atom. The lowest BCUT2D eigenvalue weighted by Crippen LogP contribution is -2.53. The highest BCUT2D eigenvalue weighted by atomic mass is 19.4. The predicted octanol–water partition coefficient (Wildman–Crippen LogP) is 12.0. The van der Waals surface area contributed by atoms with E-state index in [0.29, 0.717) is 11.1 Å². The zero-order valence-corrected chi connectivity index (χ0v) is 29.2. The van der Waals surface area contributed by atoms with E-state index < -0.39 is 82.1 Å². The van der Waals surface area contributed by atoms with Crippen molar-refractivity contribution in [3.63, 3.8) is 0 Å². The fourth-order valence-corrected chi connectivity index (χ4v) is 4.66. The van der Waals surface area contributed by atoms with Crippen LogP contribution in [-0.2, 0) is 10.8 Å². The SMILES string of the molecule is CC(C)(C)c1ccc(OC(F)(Oc2ccccc2Oc2ccccc2OC(F)(Oc2ccc(C(C)(C)C)cc2)C(F)C(F)(F)F)C(F)C(F)(F)F)cc1. The molecular formula is C38H36F10O5. The summed E-state index contributed by atoms with van der Waals surface area (Å²) in [6.07, 6.45) is -20.4. The van der Waals surface area contributed by atoms with Crippen LogP contribution in [0, 0.1) is 0 Å². The second kappa shape index (κ2) is 14.9. The van der Waals surface area contributed by atoms with Gasteiger partial charge in [-0.2, -0.15) is 35.1 Å². The van der Waals surface area contributed by atoms with Crippen LogP contribution < -0.4 is 23.7 Å². The second-order valence-electron chi connectivity index (χ2n) is 13.9. The number of ether oxygens (including phenoxy) is 5. The summed E-state index contributed by atoms with van der Waals surface area (Å²) in [5.74, 6) is -4.21. The number of hydrogen-bond acceptors (Lipinski definition) is 5. The number of benzene rings is 4. The van der Waals surface area contributed by atoms with Crippen molar-refractivity contribution in [3.05, 3.63) is 108 Å². The molecule has 0 amide bonds. The summed E-state index contributed by atoms with van der Waals surface area (Å²) in [6, 6.07) is 9.51. The third kappa shape index (κ3) is 10.2. The molecule has 4 aromatic carbocycles. The molecular weight excluding hydrogens is 726 g/mol. The summed E-state index contributed by atoms with van der Waals surface area (Å²) in [4.78, 5) is 0. The van der Waals surface area contributed by atoms with Crippen molar-refractivity contribution >= 4 is 0 Å². The lowest BCUT2D eigenvalue weighted by Gasteiger charge is -2.31. The summed E-state index contributed by atoms with van der Waals surface area (Å²) >= 11 is 0. The molecule has 53 heavy (non-hydrogen) atoms. The van der Waals surface area contributed by atoms with E-state index >= 15 is 8.78 Å². The van der Waals surface area contributed by atoms with Crippen LogP contribution in [0.15, 0.2) is 97.1 Å². The smallest absolute Gasteiger partial charge is 0.450 e. The van der Waals surface area contributed by atoms with E-state index in [0.717, 1.165) is 60.7 Å². The van der Waals surface area contributed by atoms with E-state index in [-0.39, 0.29) is 0 Å². The Morgan fingerprint density at radius 2 is 0.679 bits per heavy atom. The Bertz CT molecular complexity index is 1680. The van der Waals surface area contributed by atoms with Crippen LogP contribution >= 0.6 is 0 Å². The second-order valence-corrected chi connectivity index (χ2v) is 13.9. The van der Waals surface area contributed by atoms with Gasteiger partial charge in [-0.15, -0.1) is 0 Å². The molecule has 15 heteroatoms. The highest BCUT2D eigenvalue weighted by molar-refractivity contribution is 5.48. The molecule has 4 aromatic rings. The van der Waals surface area contributed by atoms with Crippen molar-refractivity contribution in [2.24, 2.45) is 0 Å². The molecule has 0 aliphatic heterocycles. The molecule has 288 valence electrons. The van der Waals surface area contributed by atoms with Crippen LogP contribution in [0.2, 0.25) is 0 Å². The zero-order chi connectivity index (χ0) is 39.6. The molecule has 0 spiro atoms. The topological polar surface area (TPSA) is 46.2 Å². The van der Waals surface area contributed by atoms with Crippen LogP contribution in [0.1, 0.15) is 52.7 Å². The minimum Gasteiger partial charge on any atom is -0.450 e. The van der Waals surface area contributed by atoms with Gasteiger partial charge in [0.1, 0.15) is 11.5 Å². The van der Waals surface area contributed by atoms with E-state index in [1.165, 1.54) is 36.4 Å². The number of halogens is 10. The molecule has 0 fully saturated rings. The van der Waals surface area contributed by atoms with E-state index in [1.54, 1.807) is 0 Å². The maximum atomic E-state index is 16.1. The first-order valence-corrected chi connectivity index (χ1v) is 15.9. The van der Waals surface area contributed by atoms with Gasteiger partial charge in [0.15, 0.2) is 23.0 Å². The van der Waals surface area contributed by atoms with Gasteiger partial charge in [-0.3, -0.25) is 0 Å².